The van der Waals surface area contributed by atoms with Gasteiger partial charge < -0.3 is 10.2 Å². The topological polar surface area (TPSA) is 45.5 Å². The lowest BCUT2D eigenvalue weighted by Crippen LogP contribution is -2.42. The molecule has 1 aromatic heterocycles. The van der Waals surface area contributed by atoms with Crippen molar-refractivity contribution >= 4 is 29.9 Å². The summed E-state index contributed by atoms with van der Waals surface area (Å²) in [4.78, 5) is 6.63. The predicted molar refractivity (Wildman–Crippen MR) is 118 cm³/mol. The Morgan fingerprint density at radius 2 is 2.12 bits per heavy atom. The third kappa shape index (κ3) is 4.39. The molecule has 0 amide bonds. The number of halogens is 1. The summed E-state index contributed by atoms with van der Waals surface area (Å²) in [5.74, 6) is 1.94. The number of aromatic nitrogens is 2. The second kappa shape index (κ2) is 8.88. The summed E-state index contributed by atoms with van der Waals surface area (Å²) in [6.45, 7) is 6.11. The SMILES string of the molecule is CN=C(NCC1Cc2ccccc21)N(C)Cc1cn(C)nc1C(C)C.I. The number of fused-ring (bicyclic) bond motifs is 1. The first-order valence-corrected chi connectivity index (χ1v) is 9.01. The third-order valence-corrected chi connectivity index (χ3v) is 4.93. The molecular weight excluding hydrogens is 437 g/mol. The van der Waals surface area contributed by atoms with Crippen LogP contribution in [-0.4, -0.2) is 41.3 Å². The maximum atomic E-state index is 4.60. The van der Waals surface area contributed by atoms with Gasteiger partial charge in [0.25, 0.3) is 0 Å². The number of benzene rings is 1. The zero-order valence-electron chi connectivity index (χ0n) is 16.4. The Morgan fingerprint density at radius 1 is 1.38 bits per heavy atom. The second-order valence-corrected chi connectivity index (χ2v) is 7.25. The van der Waals surface area contributed by atoms with Crippen LogP contribution in [0.25, 0.3) is 0 Å². The van der Waals surface area contributed by atoms with Gasteiger partial charge in [-0.1, -0.05) is 38.1 Å². The van der Waals surface area contributed by atoms with Crippen LogP contribution in [0.3, 0.4) is 0 Å². The molecule has 0 saturated carbocycles. The monoisotopic (exact) mass is 467 g/mol. The maximum Gasteiger partial charge on any atom is 0.193 e. The van der Waals surface area contributed by atoms with Crippen molar-refractivity contribution in [2.45, 2.75) is 38.6 Å². The third-order valence-electron chi connectivity index (χ3n) is 4.93. The molecule has 0 radical (unpaired) electrons. The number of aliphatic imine (C=N–C) groups is 1. The van der Waals surface area contributed by atoms with Crippen LogP contribution in [0.4, 0.5) is 0 Å². The van der Waals surface area contributed by atoms with Gasteiger partial charge in [0.1, 0.15) is 0 Å². The number of rotatable bonds is 5. The van der Waals surface area contributed by atoms with Gasteiger partial charge in [-0.05, 0) is 23.5 Å². The summed E-state index contributed by atoms with van der Waals surface area (Å²) in [5.41, 5.74) is 5.38. The Labute approximate surface area is 173 Å². The molecule has 0 spiro atoms. The summed E-state index contributed by atoms with van der Waals surface area (Å²) in [6.07, 6.45) is 3.27. The zero-order valence-corrected chi connectivity index (χ0v) is 18.7. The molecule has 0 fully saturated rings. The highest BCUT2D eigenvalue weighted by molar-refractivity contribution is 14.0. The molecule has 6 heteroatoms. The van der Waals surface area contributed by atoms with Crippen LogP contribution in [0, 0.1) is 0 Å². The van der Waals surface area contributed by atoms with Gasteiger partial charge in [-0.15, -0.1) is 24.0 Å². The Morgan fingerprint density at radius 3 is 2.77 bits per heavy atom. The lowest BCUT2D eigenvalue weighted by molar-refractivity contribution is 0.464. The van der Waals surface area contributed by atoms with Crippen molar-refractivity contribution in [3.05, 3.63) is 52.8 Å². The molecule has 1 aromatic carbocycles. The van der Waals surface area contributed by atoms with Gasteiger partial charge in [0.15, 0.2) is 5.96 Å². The van der Waals surface area contributed by atoms with E-state index in [2.05, 4.69) is 71.7 Å². The average molecular weight is 467 g/mol. The molecule has 0 saturated heterocycles. The standard InChI is InChI=1S/C20H29N5.HI/c1-14(2)19-17(13-25(5)23-19)12-24(4)20(21-3)22-11-16-10-15-8-6-7-9-18(15)16;/h6-9,13-14,16H,10-12H2,1-5H3,(H,21,22);1H. The molecule has 3 rings (SSSR count). The highest BCUT2D eigenvalue weighted by atomic mass is 127. The van der Waals surface area contributed by atoms with Gasteiger partial charge >= 0.3 is 0 Å². The normalized spacial score (nSPS) is 15.9. The quantitative estimate of drug-likeness (QED) is 0.416. The predicted octanol–water partition coefficient (Wildman–Crippen LogP) is 3.51. The Balaban J connectivity index is 0.00000243. The number of nitrogens with one attached hydrogen (secondary N) is 1. The van der Waals surface area contributed by atoms with Gasteiger partial charge in [-0.3, -0.25) is 9.67 Å². The van der Waals surface area contributed by atoms with Crippen molar-refractivity contribution in [1.29, 1.82) is 0 Å². The summed E-state index contributed by atoms with van der Waals surface area (Å²) >= 11 is 0. The maximum absolute atomic E-state index is 4.60. The average Bonchev–Trinajstić information content (AvgIpc) is 2.92. The molecule has 1 aliphatic rings. The van der Waals surface area contributed by atoms with Crippen molar-refractivity contribution in [2.75, 3.05) is 20.6 Å². The van der Waals surface area contributed by atoms with E-state index in [0.29, 0.717) is 11.8 Å². The minimum Gasteiger partial charge on any atom is -0.356 e. The van der Waals surface area contributed by atoms with Crippen LogP contribution in [0.5, 0.6) is 0 Å². The van der Waals surface area contributed by atoms with Crippen LogP contribution in [-0.2, 0) is 20.0 Å². The van der Waals surface area contributed by atoms with Gasteiger partial charge in [0.2, 0.25) is 0 Å². The molecule has 142 valence electrons. The molecule has 2 aromatic rings. The van der Waals surface area contributed by atoms with Crippen molar-refractivity contribution in [3.8, 4) is 0 Å². The van der Waals surface area contributed by atoms with Crippen LogP contribution in [0.1, 0.15) is 48.1 Å². The van der Waals surface area contributed by atoms with Crippen molar-refractivity contribution in [2.24, 2.45) is 12.0 Å². The molecule has 1 unspecified atom stereocenters. The lowest BCUT2D eigenvalue weighted by atomic mass is 9.78. The highest BCUT2D eigenvalue weighted by Crippen LogP contribution is 2.34. The molecule has 1 heterocycles. The smallest absolute Gasteiger partial charge is 0.193 e. The van der Waals surface area contributed by atoms with E-state index in [1.165, 1.54) is 16.7 Å². The van der Waals surface area contributed by atoms with Crippen LogP contribution < -0.4 is 5.32 Å². The van der Waals surface area contributed by atoms with Gasteiger partial charge in [0, 0.05) is 51.9 Å². The molecule has 1 N–H and O–H groups in total. The Kier molecular flexibility index (Phi) is 7.08. The minimum atomic E-state index is 0. The Hall–Kier alpha value is -1.57. The van der Waals surface area contributed by atoms with Crippen molar-refractivity contribution < 1.29 is 0 Å². The summed E-state index contributed by atoms with van der Waals surface area (Å²) in [6, 6.07) is 8.71. The number of nitrogens with zero attached hydrogens (tertiary/aromatic N) is 4. The zero-order chi connectivity index (χ0) is 18.0. The molecule has 1 aliphatic carbocycles. The van der Waals surface area contributed by atoms with E-state index in [0.717, 1.165) is 31.2 Å². The van der Waals surface area contributed by atoms with Crippen LogP contribution in [0.2, 0.25) is 0 Å². The van der Waals surface area contributed by atoms with E-state index >= 15 is 0 Å². The van der Waals surface area contributed by atoms with Gasteiger partial charge in [-0.25, -0.2) is 0 Å². The molecule has 5 nitrogen and oxygen atoms in total. The summed E-state index contributed by atoms with van der Waals surface area (Å²) < 4.78 is 1.90. The van der Waals surface area contributed by atoms with Crippen molar-refractivity contribution in [3.63, 3.8) is 0 Å². The fourth-order valence-electron chi connectivity index (χ4n) is 3.64. The van der Waals surface area contributed by atoms with Gasteiger partial charge in [0.05, 0.1) is 5.69 Å². The van der Waals surface area contributed by atoms with E-state index in [1.54, 1.807) is 0 Å². The van der Waals surface area contributed by atoms with E-state index in [9.17, 15) is 0 Å². The fraction of sp³-hybridized carbons (Fsp3) is 0.500. The largest absolute Gasteiger partial charge is 0.356 e. The second-order valence-electron chi connectivity index (χ2n) is 7.25. The molecular formula is C20H30IN5. The van der Waals surface area contributed by atoms with E-state index in [-0.39, 0.29) is 24.0 Å². The first kappa shape index (κ1) is 20.7. The number of guanidine groups is 1. The molecule has 0 bridgehead atoms. The first-order valence-electron chi connectivity index (χ1n) is 9.01. The molecule has 26 heavy (non-hydrogen) atoms. The van der Waals surface area contributed by atoms with Crippen LogP contribution in [0.15, 0.2) is 35.5 Å². The number of hydrogen-bond acceptors (Lipinski definition) is 2. The van der Waals surface area contributed by atoms with E-state index < -0.39 is 0 Å². The molecule has 0 aliphatic heterocycles. The first-order chi connectivity index (χ1) is 12.0. The summed E-state index contributed by atoms with van der Waals surface area (Å²) in [7, 11) is 5.91. The lowest BCUT2D eigenvalue weighted by Gasteiger charge is -2.32. The number of hydrogen-bond donors (Lipinski definition) is 1. The minimum absolute atomic E-state index is 0. The summed E-state index contributed by atoms with van der Waals surface area (Å²) in [5, 5.41) is 8.14. The van der Waals surface area contributed by atoms with Crippen LogP contribution >= 0.6 is 24.0 Å². The number of aryl methyl sites for hydroxylation is 1. The van der Waals surface area contributed by atoms with E-state index in [1.807, 2.05) is 18.8 Å². The van der Waals surface area contributed by atoms with E-state index in [4.69, 9.17) is 0 Å². The fourth-order valence-corrected chi connectivity index (χ4v) is 3.64. The van der Waals surface area contributed by atoms with Gasteiger partial charge in [-0.2, -0.15) is 5.10 Å². The highest BCUT2D eigenvalue weighted by Gasteiger charge is 2.25. The molecule has 1 atom stereocenters. The van der Waals surface area contributed by atoms with Crippen molar-refractivity contribution in [1.82, 2.24) is 20.0 Å². The Bertz CT molecular complexity index is 765.